The number of hydrogen-bond acceptors (Lipinski definition) is 8. The Bertz CT molecular complexity index is 1060. The van der Waals surface area contributed by atoms with Gasteiger partial charge in [-0.3, -0.25) is 10.1 Å². The minimum absolute atomic E-state index is 0.0000562. The standard InChI is InChI=1S/C19H15ClN2O7/c1-26-15-7-4-10(16(27-2)17(15)28-3)8-14-19(23)29-18(21-14)12-6-5-11(22(24)25)9-13(12)20/h4-9H,1-3H3. The van der Waals surface area contributed by atoms with Gasteiger partial charge in [0.2, 0.25) is 11.6 Å². The Morgan fingerprint density at radius 2 is 1.83 bits per heavy atom. The van der Waals surface area contributed by atoms with Crippen LogP contribution < -0.4 is 14.2 Å². The van der Waals surface area contributed by atoms with Gasteiger partial charge < -0.3 is 18.9 Å². The number of carbonyl (C=O) groups is 1. The van der Waals surface area contributed by atoms with Crippen LogP contribution in [0.2, 0.25) is 5.02 Å². The zero-order valence-electron chi connectivity index (χ0n) is 15.6. The van der Waals surface area contributed by atoms with E-state index in [1.807, 2.05) is 0 Å². The van der Waals surface area contributed by atoms with Crippen molar-refractivity contribution < 1.29 is 28.7 Å². The van der Waals surface area contributed by atoms with Crippen molar-refractivity contribution in [2.75, 3.05) is 21.3 Å². The van der Waals surface area contributed by atoms with Crippen molar-refractivity contribution in [1.82, 2.24) is 0 Å². The zero-order chi connectivity index (χ0) is 21.1. The molecule has 0 radical (unpaired) electrons. The van der Waals surface area contributed by atoms with Crippen LogP contribution in [0.4, 0.5) is 5.69 Å². The average Bonchev–Trinajstić information content (AvgIpc) is 3.07. The number of non-ortho nitro benzene ring substituents is 1. The molecular weight excluding hydrogens is 404 g/mol. The Hall–Kier alpha value is -3.59. The molecule has 0 bridgehead atoms. The average molecular weight is 419 g/mol. The highest BCUT2D eigenvalue weighted by Gasteiger charge is 2.27. The number of esters is 1. The van der Waals surface area contributed by atoms with Gasteiger partial charge in [0.05, 0.1) is 36.8 Å². The summed E-state index contributed by atoms with van der Waals surface area (Å²) in [6.45, 7) is 0. The van der Waals surface area contributed by atoms with Gasteiger partial charge in [-0.15, -0.1) is 0 Å². The molecule has 10 heteroatoms. The van der Waals surface area contributed by atoms with E-state index in [9.17, 15) is 14.9 Å². The Morgan fingerprint density at radius 3 is 2.41 bits per heavy atom. The fraction of sp³-hybridized carbons (Fsp3) is 0.158. The minimum Gasteiger partial charge on any atom is -0.493 e. The third-order valence-corrected chi connectivity index (χ3v) is 4.35. The fourth-order valence-corrected chi connectivity index (χ4v) is 2.96. The van der Waals surface area contributed by atoms with Crippen LogP contribution in [0.25, 0.3) is 6.08 Å². The van der Waals surface area contributed by atoms with Gasteiger partial charge in [-0.05, 0) is 24.3 Å². The molecule has 0 N–H and O–H groups in total. The van der Waals surface area contributed by atoms with Gasteiger partial charge in [0.25, 0.3) is 5.69 Å². The predicted molar refractivity (Wildman–Crippen MR) is 105 cm³/mol. The Morgan fingerprint density at radius 1 is 1.10 bits per heavy atom. The van der Waals surface area contributed by atoms with Crippen LogP contribution in [0, 0.1) is 10.1 Å². The number of benzene rings is 2. The predicted octanol–water partition coefficient (Wildman–Crippen LogP) is 3.62. The largest absolute Gasteiger partial charge is 0.493 e. The number of nitro groups is 1. The van der Waals surface area contributed by atoms with E-state index in [4.69, 9.17) is 30.5 Å². The van der Waals surface area contributed by atoms with Gasteiger partial charge in [-0.2, -0.15) is 0 Å². The molecule has 0 spiro atoms. The van der Waals surface area contributed by atoms with Crippen molar-refractivity contribution >= 4 is 35.2 Å². The molecule has 0 amide bonds. The third-order valence-electron chi connectivity index (χ3n) is 4.04. The molecule has 2 aromatic rings. The molecular formula is C19H15ClN2O7. The molecule has 0 saturated heterocycles. The maximum Gasteiger partial charge on any atom is 0.363 e. The molecule has 3 rings (SSSR count). The molecule has 0 aromatic heterocycles. The molecule has 1 aliphatic rings. The number of nitrogens with zero attached hydrogens (tertiary/aromatic N) is 2. The van der Waals surface area contributed by atoms with Crippen molar-refractivity contribution in [2.24, 2.45) is 4.99 Å². The first-order valence-electron chi connectivity index (χ1n) is 8.15. The summed E-state index contributed by atoms with van der Waals surface area (Å²) in [5, 5.41) is 10.9. The molecule has 1 aliphatic heterocycles. The highest BCUT2D eigenvalue weighted by molar-refractivity contribution is 6.34. The lowest BCUT2D eigenvalue weighted by atomic mass is 10.1. The van der Waals surface area contributed by atoms with Gasteiger partial charge in [-0.25, -0.2) is 9.79 Å². The molecule has 0 atom stereocenters. The van der Waals surface area contributed by atoms with Crippen molar-refractivity contribution in [2.45, 2.75) is 0 Å². The van der Waals surface area contributed by atoms with Gasteiger partial charge in [0.1, 0.15) is 0 Å². The zero-order valence-corrected chi connectivity index (χ0v) is 16.4. The Balaban J connectivity index is 2.03. The van der Waals surface area contributed by atoms with Gasteiger partial charge in [0, 0.05) is 17.7 Å². The van der Waals surface area contributed by atoms with E-state index < -0.39 is 10.9 Å². The maximum atomic E-state index is 12.3. The number of methoxy groups -OCH3 is 3. The molecule has 2 aromatic carbocycles. The maximum absolute atomic E-state index is 12.3. The van der Waals surface area contributed by atoms with E-state index >= 15 is 0 Å². The van der Waals surface area contributed by atoms with E-state index in [1.54, 1.807) is 12.1 Å². The minimum atomic E-state index is -0.703. The smallest absolute Gasteiger partial charge is 0.363 e. The summed E-state index contributed by atoms with van der Waals surface area (Å²) in [7, 11) is 4.42. The summed E-state index contributed by atoms with van der Waals surface area (Å²) < 4.78 is 21.1. The Labute approximate surface area is 170 Å². The van der Waals surface area contributed by atoms with Gasteiger partial charge >= 0.3 is 5.97 Å². The monoisotopic (exact) mass is 418 g/mol. The summed E-state index contributed by atoms with van der Waals surface area (Å²) >= 11 is 6.08. The summed E-state index contributed by atoms with van der Waals surface area (Å²) in [6, 6.07) is 7.11. The van der Waals surface area contributed by atoms with Crippen LogP contribution in [0.1, 0.15) is 11.1 Å². The first kappa shape index (κ1) is 20.2. The number of carbonyl (C=O) groups excluding carboxylic acids is 1. The number of cyclic esters (lactones) is 1. The number of halogens is 1. The molecule has 150 valence electrons. The molecule has 9 nitrogen and oxygen atoms in total. The van der Waals surface area contributed by atoms with Crippen molar-refractivity contribution in [3.63, 3.8) is 0 Å². The second-order valence-electron chi connectivity index (χ2n) is 5.68. The number of aliphatic imine (C=N–C) groups is 1. The highest BCUT2D eigenvalue weighted by Crippen LogP contribution is 2.41. The molecule has 0 saturated carbocycles. The van der Waals surface area contributed by atoms with E-state index in [0.717, 1.165) is 6.07 Å². The summed E-state index contributed by atoms with van der Waals surface area (Å²) in [5.74, 6) is 0.414. The first-order valence-corrected chi connectivity index (χ1v) is 8.53. The van der Waals surface area contributed by atoms with Crippen molar-refractivity contribution in [1.29, 1.82) is 0 Å². The van der Waals surface area contributed by atoms with E-state index in [-0.39, 0.29) is 27.9 Å². The van der Waals surface area contributed by atoms with Gasteiger partial charge in [0.15, 0.2) is 17.2 Å². The quantitative estimate of drug-likeness (QED) is 0.305. The van der Waals surface area contributed by atoms with E-state index in [2.05, 4.69) is 4.99 Å². The molecule has 0 aliphatic carbocycles. The number of rotatable bonds is 6. The van der Waals surface area contributed by atoms with Crippen LogP contribution in [0.15, 0.2) is 41.0 Å². The van der Waals surface area contributed by atoms with Crippen LogP contribution in [0.5, 0.6) is 17.2 Å². The van der Waals surface area contributed by atoms with Crippen LogP contribution >= 0.6 is 11.6 Å². The second-order valence-corrected chi connectivity index (χ2v) is 6.09. The fourth-order valence-electron chi connectivity index (χ4n) is 2.70. The topological polar surface area (TPSA) is 109 Å². The summed E-state index contributed by atoms with van der Waals surface area (Å²) in [4.78, 5) is 26.7. The number of nitro benzene ring substituents is 1. The molecule has 0 fully saturated rings. The van der Waals surface area contributed by atoms with Crippen LogP contribution in [-0.4, -0.2) is 38.1 Å². The normalized spacial score (nSPS) is 14.4. The number of hydrogen-bond donors (Lipinski definition) is 0. The van der Waals surface area contributed by atoms with E-state index in [1.165, 1.54) is 39.5 Å². The SMILES string of the molecule is COc1ccc(C=C2N=C(c3ccc([N+](=O)[O-])cc3Cl)OC2=O)c(OC)c1OC. The van der Waals surface area contributed by atoms with Crippen molar-refractivity contribution in [3.8, 4) is 17.2 Å². The molecule has 1 heterocycles. The van der Waals surface area contributed by atoms with Crippen molar-refractivity contribution in [3.05, 3.63) is 62.3 Å². The summed E-state index contributed by atoms with van der Waals surface area (Å²) in [5.41, 5.74) is 0.583. The number of ether oxygens (including phenoxy) is 4. The molecule has 0 unspecified atom stereocenters. The van der Waals surface area contributed by atoms with Crippen LogP contribution in [0.3, 0.4) is 0 Å². The molecule has 29 heavy (non-hydrogen) atoms. The van der Waals surface area contributed by atoms with E-state index in [0.29, 0.717) is 22.8 Å². The second kappa shape index (κ2) is 8.19. The first-order chi connectivity index (χ1) is 13.9. The lowest BCUT2D eigenvalue weighted by Gasteiger charge is -2.14. The third kappa shape index (κ3) is 3.85. The highest BCUT2D eigenvalue weighted by atomic mass is 35.5. The Kier molecular flexibility index (Phi) is 5.69. The summed E-state index contributed by atoms with van der Waals surface area (Å²) in [6.07, 6.45) is 1.47. The van der Waals surface area contributed by atoms with Gasteiger partial charge in [-0.1, -0.05) is 11.6 Å². The lowest BCUT2D eigenvalue weighted by molar-refractivity contribution is -0.384. The van der Waals surface area contributed by atoms with Crippen LogP contribution in [-0.2, 0) is 9.53 Å². The lowest BCUT2D eigenvalue weighted by Crippen LogP contribution is -2.06.